The molecule has 0 aliphatic carbocycles. The molecule has 0 aromatic rings. The average Bonchev–Trinajstić information content (AvgIpc) is 2.29. The lowest BCUT2D eigenvalue weighted by Crippen LogP contribution is -2.63. The molecule has 0 aromatic carbocycles. The van der Waals surface area contributed by atoms with Crippen molar-refractivity contribution < 1.29 is 9.59 Å². The number of carbonyl (C=O) groups excluding carboxylic acids is 2. The Hall–Kier alpha value is -1.06. The van der Waals surface area contributed by atoms with Crippen molar-refractivity contribution in [2.24, 2.45) is 11.3 Å². The van der Waals surface area contributed by atoms with Crippen molar-refractivity contribution in [2.75, 3.05) is 6.54 Å². The SMILES string of the molecule is CC(C)CCCC(C)N1CC(=O)NC(C(C)(C)C)C1=O. The van der Waals surface area contributed by atoms with Crippen molar-refractivity contribution in [1.82, 2.24) is 10.2 Å². The van der Waals surface area contributed by atoms with Crippen LogP contribution in [-0.4, -0.2) is 35.3 Å². The zero-order valence-electron chi connectivity index (χ0n) is 13.8. The Kier molecular flexibility index (Phi) is 5.60. The van der Waals surface area contributed by atoms with Gasteiger partial charge in [0.2, 0.25) is 11.8 Å². The first-order chi connectivity index (χ1) is 9.12. The second kappa shape index (κ2) is 6.59. The minimum Gasteiger partial charge on any atom is -0.342 e. The number of piperazine rings is 1. The number of amides is 2. The van der Waals surface area contributed by atoms with Crippen LogP contribution in [0.5, 0.6) is 0 Å². The summed E-state index contributed by atoms with van der Waals surface area (Å²) in [7, 11) is 0. The summed E-state index contributed by atoms with van der Waals surface area (Å²) >= 11 is 0. The number of hydrogen-bond donors (Lipinski definition) is 1. The molecular weight excluding hydrogens is 252 g/mol. The van der Waals surface area contributed by atoms with Gasteiger partial charge in [-0.05, 0) is 24.7 Å². The van der Waals surface area contributed by atoms with Crippen LogP contribution >= 0.6 is 0 Å². The predicted molar refractivity (Wildman–Crippen MR) is 81.2 cm³/mol. The first-order valence-electron chi connectivity index (χ1n) is 7.72. The minimum absolute atomic E-state index is 0.0414. The summed E-state index contributed by atoms with van der Waals surface area (Å²) in [5.41, 5.74) is -0.247. The van der Waals surface area contributed by atoms with Gasteiger partial charge in [0, 0.05) is 6.04 Å². The summed E-state index contributed by atoms with van der Waals surface area (Å²) in [6.45, 7) is 12.6. The fourth-order valence-electron chi connectivity index (χ4n) is 2.60. The van der Waals surface area contributed by atoms with Crippen LogP contribution in [0.25, 0.3) is 0 Å². The summed E-state index contributed by atoms with van der Waals surface area (Å²) < 4.78 is 0. The Morgan fingerprint density at radius 2 is 1.80 bits per heavy atom. The number of hydrogen-bond acceptors (Lipinski definition) is 2. The molecule has 4 nitrogen and oxygen atoms in total. The maximum absolute atomic E-state index is 12.6. The summed E-state index contributed by atoms with van der Waals surface area (Å²) in [6, 6.07) is -0.270. The van der Waals surface area contributed by atoms with Crippen LogP contribution in [0.3, 0.4) is 0 Å². The van der Waals surface area contributed by atoms with E-state index in [1.807, 2.05) is 20.8 Å². The van der Waals surface area contributed by atoms with Crippen LogP contribution < -0.4 is 5.32 Å². The molecule has 0 spiro atoms. The summed E-state index contributed by atoms with van der Waals surface area (Å²) in [5, 5.41) is 2.84. The lowest BCUT2D eigenvalue weighted by atomic mass is 9.84. The molecule has 0 bridgehead atoms. The molecule has 2 amide bonds. The van der Waals surface area contributed by atoms with Crippen LogP contribution in [0.2, 0.25) is 0 Å². The fourth-order valence-corrected chi connectivity index (χ4v) is 2.60. The molecular formula is C16H30N2O2. The van der Waals surface area contributed by atoms with E-state index in [0.29, 0.717) is 5.92 Å². The molecule has 2 atom stereocenters. The molecule has 1 rings (SSSR count). The highest BCUT2D eigenvalue weighted by atomic mass is 16.2. The maximum Gasteiger partial charge on any atom is 0.246 e. The van der Waals surface area contributed by atoms with E-state index >= 15 is 0 Å². The maximum atomic E-state index is 12.6. The Labute approximate surface area is 123 Å². The molecule has 0 aromatic heterocycles. The molecule has 1 aliphatic rings. The summed E-state index contributed by atoms with van der Waals surface area (Å²) in [5.74, 6) is 0.708. The molecule has 1 fully saturated rings. The van der Waals surface area contributed by atoms with Crippen LogP contribution in [-0.2, 0) is 9.59 Å². The smallest absolute Gasteiger partial charge is 0.246 e. The number of rotatable bonds is 5. The van der Waals surface area contributed by atoms with E-state index in [-0.39, 0.29) is 29.8 Å². The van der Waals surface area contributed by atoms with E-state index in [1.165, 1.54) is 6.42 Å². The van der Waals surface area contributed by atoms with Crippen LogP contribution in [0.15, 0.2) is 0 Å². The fraction of sp³-hybridized carbons (Fsp3) is 0.875. The second-order valence-electron chi connectivity index (χ2n) is 7.51. The standard InChI is InChI=1S/C16H30N2O2/c1-11(2)8-7-9-12(3)18-10-13(19)17-14(15(18)20)16(4,5)6/h11-12,14H,7-10H2,1-6H3,(H,17,19). The van der Waals surface area contributed by atoms with Crippen molar-refractivity contribution in [1.29, 1.82) is 0 Å². The molecule has 4 heteroatoms. The largest absolute Gasteiger partial charge is 0.342 e. The quantitative estimate of drug-likeness (QED) is 0.842. The number of nitrogens with one attached hydrogen (secondary N) is 1. The van der Waals surface area contributed by atoms with Gasteiger partial charge in [-0.25, -0.2) is 0 Å². The molecule has 0 radical (unpaired) electrons. The Morgan fingerprint density at radius 3 is 2.30 bits per heavy atom. The highest BCUT2D eigenvalue weighted by molar-refractivity contribution is 5.95. The number of nitrogens with zero attached hydrogens (tertiary/aromatic N) is 1. The van der Waals surface area contributed by atoms with E-state index in [9.17, 15) is 9.59 Å². The van der Waals surface area contributed by atoms with Gasteiger partial charge < -0.3 is 10.2 Å². The summed E-state index contributed by atoms with van der Waals surface area (Å²) in [4.78, 5) is 26.2. The van der Waals surface area contributed by atoms with Gasteiger partial charge in [0.15, 0.2) is 0 Å². The molecule has 1 saturated heterocycles. The lowest BCUT2D eigenvalue weighted by Gasteiger charge is -2.41. The van der Waals surface area contributed by atoms with Gasteiger partial charge >= 0.3 is 0 Å². The van der Waals surface area contributed by atoms with E-state index in [0.717, 1.165) is 12.8 Å². The molecule has 1 heterocycles. The van der Waals surface area contributed by atoms with Crippen LogP contribution in [0, 0.1) is 11.3 Å². The Morgan fingerprint density at radius 1 is 1.20 bits per heavy atom. The predicted octanol–water partition coefficient (Wildman–Crippen LogP) is 2.57. The third-order valence-electron chi connectivity index (χ3n) is 3.95. The summed E-state index contributed by atoms with van der Waals surface area (Å²) in [6.07, 6.45) is 3.24. The molecule has 1 aliphatic heterocycles. The van der Waals surface area contributed by atoms with E-state index in [1.54, 1.807) is 4.90 Å². The van der Waals surface area contributed by atoms with Crippen LogP contribution in [0.1, 0.15) is 60.8 Å². The topological polar surface area (TPSA) is 49.4 Å². The molecule has 1 N–H and O–H groups in total. The van der Waals surface area contributed by atoms with Crippen molar-refractivity contribution in [3.8, 4) is 0 Å². The Balaban J connectivity index is 2.68. The van der Waals surface area contributed by atoms with Crippen molar-refractivity contribution in [2.45, 2.75) is 72.9 Å². The molecule has 116 valence electrons. The van der Waals surface area contributed by atoms with Gasteiger partial charge in [-0.15, -0.1) is 0 Å². The highest BCUT2D eigenvalue weighted by Gasteiger charge is 2.41. The zero-order chi connectivity index (χ0) is 15.5. The van der Waals surface area contributed by atoms with Gasteiger partial charge in [-0.3, -0.25) is 9.59 Å². The third kappa shape index (κ3) is 4.50. The van der Waals surface area contributed by atoms with Crippen molar-refractivity contribution in [3.63, 3.8) is 0 Å². The molecule has 2 unspecified atom stereocenters. The van der Waals surface area contributed by atoms with Crippen molar-refractivity contribution in [3.05, 3.63) is 0 Å². The van der Waals surface area contributed by atoms with Crippen LogP contribution in [0.4, 0.5) is 0 Å². The zero-order valence-corrected chi connectivity index (χ0v) is 13.8. The lowest BCUT2D eigenvalue weighted by molar-refractivity contribution is -0.149. The Bertz CT molecular complexity index is 358. The molecule has 0 saturated carbocycles. The van der Waals surface area contributed by atoms with Gasteiger partial charge in [0.1, 0.15) is 6.04 Å². The van der Waals surface area contributed by atoms with Gasteiger partial charge in [-0.1, -0.05) is 47.5 Å². The first-order valence-corrected chi connectivity index (χ1v) is 7.72. The highest BCUT2D eigenvalue weighted by Crippen LogP contribution is 2.25. The first kappa shape index (κ1) is 17.0. The van der Waals surface area contributed by atoms with Gasteiger partial charge in [0.25, 0.3) is 0 Å². The van der Waals surface area contributed by atoms with E-state index in [2.05, 4.69) is 26.1 Å². The van der Waals surface area contributed by atoms with E-state index in [4.69, 9.17) is 0 Å². The second-order valence-corrected chi connectivity index (χ2v) is 7.51. The van der Waals surface area contributed by atoms with Gasteiger partial charge in [-0.2, -0.15) is 0 Å². The number of carbonyl (C=O) groups is 2. The monoisotopic (exact) mass is 282 g/mol. The van der Waals surface area contributed by atoms with Crippen molar-refractivity contribution >= 4 is 11.8 Å². The third-order valence-corrected chi connectivity index (χ3v) is 3.95. The normalized spacial score (nSPS) is 22.1. The van der Waals surface area contributed by atoms with E-state index < -0.39 is 6.04 Å². The average molecular weight is 282 g/mol. The minimum atomic E-state index is -0.406. The molecule has 20 heavy (non-hydrogen) atoms. The van der Waals surface area contributed by atoms with Gasteiger partial charge in [0.05, 0.1) is 6.54 Å².